The molecular formula is C16H22ClN5O4. The molecule has 142 valence electrons. The lowest BCUT2D eigenvalue weighted by Gasteiger charge is -2.18. The summed E-state index contributed by atoms with van der Waals surface area (Å²) in [6.07, 6.45) is -0.341. The third kappa shape index (κ3) is 2.88. The van der Waals surface area contributed by atoms with Crippen molar-refractivity contribution in [3.63, 3.8) is 0 Å². The molecule has 10 heteroatoms. The zero-order chi connectivity index (χ0) is 18.6. The van der Waals surface area contributed by atoms with E-state index in [1.165, 1.54) is 9.13 Å². The summed E-state index contributed by atoms with van der Waals surface area (Å²) in [6, 6.07) is 0. The third-order valence-electron chi connectivity index (χ3n) is 5.13. The largest absolute Gasteiger partial charge is 0.390 e. The van der Waals surface area contributed by atoms with Crippen molar-refractivity contribution in [2.45, 2.75) is 63.7 Å². The minimum absolute atomic E-state index is 0.0579. The second kappa shape index (κ2) is 6.49. The van der Waals surface area contributed by atoms with Crippen molar-refractivity contribution in [1.29, 1.82) is 0 Å². The van der Waals surface area contributed by atoms with Crippen molar-refractivity contribution >= 4 is 28.7 Å². The minimum atomic E-state index is -0.956. The highest BCUT2D eigenvalue weighted by Crippen LogP contribution is 2.35. The predicted molar refractivity (Wildman–Crippen MR) is 94.8 cm³/mol. The Labute approximate surface area is 154 Å². The molecule has 26 heavy (non-hydrogen) atoms. The molecule has 1 unspecified atom stereocenters. The summed E-state index contributed by atoms with van der Waals surface area (Å²) in [5, 5.41) is 20.6. The van der Waals surface area contributed by atoms with Crippen LogP contribution in [0, 0.1) is 5.92 Å². The van der Waals surface area contributed by atoms with Crippen molar-refractivity contribution in [3.8, 4) is 0 Å². The number of rotatable bonds is 5. The molecule has 3 heterocycles. The Kier molecular flexibility index (Phi) is 4.42. The molecule has 0 aromatic carbocycles. The number of hydrogen-bond acceptors (Lipinski definition) is 7. The smallest absolute Gasteiger partial charge is 0.332 e. The first-order valence-corrected chi connectivity index (χ1v) is 9.23. The number of aromatic nitrogens is 4. The summed E-state index contributed by atoms with van der Waals surface area (Å²) >= 11 is 6.25. The molecule has 4 atom stereocenters. The van der Waals surface area contributed by atoms with E-state index < -0.39 is 24.5 Å². The monoisotopic (exact) mass is 383 g/mol. The molecule has 0 radical (unpaired) electrons. The van der Waals surface area contributed by atoms with Crippen LogP contribution in [0.25, 0.3) is 11.2 Å². The van der Waals surface area contributed by atoms with Crippen molar-refractivity contribution < 1.29 is 14.9 Å². The summed E-state index contributed by atoms with van der Waals surface area (Å²) in [4.78, 5) is 21.2. The van der Waals surface area contributed by atoms with E-state index in [2.05, 4.69) is 9.97 Å². The van der Waals surface area contributed by atoms with Crippen LogP contribution in [0.1, 0.15) is 38.8 Å². The molecule has 1 saturated heterocycles. The molecular weight excluding hydrogens is 362 g/mol. The first-order chi connectivity index (χ1) is 12.4. The van der Waals surface area contributed by atoms with Crippen molar-refractivity contribution in [3.05, 3.63) is 15.6 Å². The van der Waals surface area contributed by atoms with Crippen LogP contribution in [-0.4, -0.2) is 47.6 Å². The molecule has 2 aromatic heterocycles. The fraction of sp³-hybridized carbons (Fsp3) is 0.688. The van der Waals surface area contributed by atoms with Crippen LogP contribution in [0.3, 0.4) is 0 Å². The maximum Gasteiger partial charge on any atom is 0.332 e. The molecule has 0 spiro atoms. The van der Waals surface area contributed by atoms with Gasteiger partial charge in [0, 0.05) is 13.0 Å². The van der Waals surface area contributed by atoms with E-state index in [0.717, 1.165) is 12.8 Å². The molecule has 0 amide bonds. The van der Waals surface area contributed by atoms with E-state index in [1.54, 1.807) is 0 Å². The number of anilines is 1. The standard InChI is InChI=1S/C16H22ClN5O4/c1-2-8(23)10-5-9(24)14(26-10)22-13-11(12(17)19-15(18)20-13)21(16(22)25)6-7-3-4-7/h7-10,14,23-24H,2-6H2,1H3,(H2,18,19,20)/t8?,9-,10+,14-/m1/s1. The molecule has 2 aromatic rings. The van der Waals surface area contributed by atoms with Crippen LogP contribution in [0.5, 0.6) is 0 Å². The van der Waals surface area contributed by atoms with Gasteiger partial charge in [0.1, 0.15) is 11.6 Å². The number of nitrogens with two attached hydrogens (primary N) is 1. The van der Waals surface area contributed by atoms with Crippen molar-refractivity contribution in [1.82, 2.24) is 19.1 Å². The third-order valence-corrected chi connectivity index (χ3v) is 5.40. The van der Waals surface area contributed by atoms with E-state index in [9.17, 15) is 15.0 Å². The lowest BCUT2D eigenvalue weighted by molar-refractivity contribution is -0.0760. The van der Waals surface area contributed by atoms with Crippen LogP contribution in [0.2, 0.25) is 5.15 Å². The number of aliphatic hydroxyl groups is 2. The molecule has 2 aliphatic rings. The van der Waals surface area contributed by atoms with Gasteiger partial charge in [-0.25, -0.2) is 9.36 Å². The van der Waals surface area contributed by atoms with Gasteiger partial charge in [-0.3, -0.25) is 4.57 Å². The summed E-state index contributed by atoms with van der Waals surface area (Å²) < 4.78 is 8.64. The maximum atomic E-state index is 13.1. The molecule has 1 saturated carbocycles. The molecule has 1 aliphatic heterocycles. The highest BCUT2D eigenvalue weighted by molar-refractivity contribution is 6.33. The van der Waals surface area contributed by atoms with E-state index >= 15 is 0 Å². The second-order valence-corrected chi connectivity index (χ2v) is 7.45. The number of halogens is 1. The highest BCUT2D eigenvalue weighted by atomic mass is 35.5. The van der Waals surface area contributed by atoms with Gasteiger partial charge in [0.2, 0.25) is 5.95 Å². The van der Waals surface area contributed by atoms with E-state index in [0.29, 0.717) is 24.4 Å². The van der Waals surface area contributed by atoms with Crippen molar-refractivity contribution in [2.24, 2.45) is 5.92 Å². The second-order valence-electron chi connectivity index (χ2n) is 7.10. The van der Waals surface area contributed by atoms with E-state index in [1.807, 2.05) is 6.92 Å². The van der Waals surface area contributed by atoms with Crippen LogP contribution >= 0.6 is 11.6 Å². The van der Waals surface area contributed by atoms with Gasteiger partial charge in [-0.2, -0.15) is 9.97 Å². The normalized spacial score (nSPS) is 27.3. The zero-order valence-corrected chi connectivity index (χ0v) is 15.1. The van der Waals surface area contributed by atoms with Gasteiger partial charge in [0.15, 0.2) is 17.0 Å². The van der Waals surface area contributed by atoms with Crippen LogP contribution < -0.4 is 11.4 Å². The number of fused-ring (bicyclic) bond motifs is 1. The zero-order valence-electron chi connectivity index (χ0n) is 14.4. The average Bonchev–Trinajstić information content (AvgIpc) is 3.27. The van der Waals surface area contributed by atoms with Gasteiger partial charge < -0.3 is 20.7 Å². The Balaban J connectivity index is 1.84. The average molecular weight is 384 g/mol. The van der Waals surface area contributed by atoms with Gasteiger partial charge in [0.05, 0.1) is 12.2 Å². The quantitative estimate of drug-likeness (QED) is 0.647. The SMILES string of the molecule is CCC(O)[C@@H]1C[C@@H](O)[C@H](n2c(=O)n(CC3CC3)c3c(Cl)nc(N)nc32)O1. The Morgan fingerprint density at radius 2 is 2.15 bits per heavy atom. The minimum Gasteiger partial charge on any atom is -0.390 e. The fourth-order valence-electron chi connectivity index (χ4n) is 3.53. The van der Waals surface area contributed by atoms with Gasteiger partial charge in [-0.1, -0.05) is 18.5 Å². The lowest BCUT2D eigenvalue weighted by Crippen LogP contribution is -2.32. The van der Waals surface area contributed by atoms with Crippen molar-refractivity contribution in [2.75, 3.05) is 5.73 Å². The van der Waals surface area contributed by atoms with E-state index in [-0.39, 0.29) is 28.9 Å². The number of imidazole rings is 1. The van der Waals surface area contributed by atoms with Gasteiger partial charge in [0.25, 0.3) is 0 Å². The Morgan fingerprint density at radius 3 is 2.81 bits per heavy atom. The molecule has 1 aliphatic carbocycles. The van der Waals surface area contributed by atoms with E-state index in [4.69, 9.17) is 22.1 Å². The molecule has 2 fully saturated rings. The van der Waals surface area contributed by atoms with Gasteiger partial charge in [-0.05, 0) is 25.2 Å². The topological polar surface area (TPSA) is 128 Å². The fourth-order valence-corrected chi connectivity index (χ4v) is 3.80. The number of nitrogens with zero attached hydrogens (tertiary/aromatic N) is 4. The summed E-state index contributed by atoms with van der Waals surface area (Å²) in [5.74, 6) is 0.363. The highest BCUT2D eigenvalue weighted by Gasteiger charge is 2.41. The van der Waals surface area contributed by atoms with Crippen LogP contribution in [-0.2, 0) is 11.3 Å². The molecule has 4 N–H and O–H groups in total. The number of hydrogen-bond donors (Lipinski definition) is 3. The lowest BCUT2D eigenvalue weighted by atomic mass is 10.1. The molecule has 0 bridgehead atoms. The summed E-state index contributed by atoms with van der Waals surface area (Å²) in [6.45, 7) is 2.34. The van der Waals surface area contributed by atoms with Gasteiger partial charge >= 0.3 is 5.69 Å². The molecule has 4 rings (SSSR count). The van der Waals surface area contributed by atoms with Crippen LogP contribution in [0.15, 0.2) is 4.79 Å². The summed E-state index contributed by atoms with van der Waals surface area (Å²) in [7, 11) is 0. The first-order valence-electron chi connectivity index (χ1n) is 8.86. The number of ether oxygens (including phenoxy) is 1. The first kappa shape index (κ1) is 17.7. The predicted octanol–water partition coefficient (Wildman–Crippen LogP) is 0.658. The molecule has 9 nitrogen and oxygen atoms in total. The maximum absolute atomic E-state index is 13.1. The number of nitrogen functional groups attached to an aromatic ring is 1. The Hall–Kier alpha value is -1.68. The number of aliphatic hydroxyl groups excluding tert-OH is 2. The summed E-state index contributed by atoms with van der Waals surface area (Å²) in [5.41, 5.74) is 5.99. The van der Waals surface area contributed by atoms with Crippen LogP contribution in [0.4, 0.5) is 5.95 Å². The van der Waals surface area contributed by atoms with Gasteiger partial charge in [-0.15, -0.1) is 0 Å². The Morgan fingerprint density at radius 1 is 1.42 bits per heavy atom. The Bertz CT molecular complexity index is 893.